The van der Waals surface area contributed by atoms with Crippen LogP contribution in [0.5, 0.6) is 0 Å². The molecule has 4 rings (SSSR count). The molecule has 3 N–H and O–H groups in total. The minimum absolute atomic E-state index is 0.0317. The molecule has 3 amide bonds. The number of amides is 3. The van der Waals surface area contributed by atoms with Crippen LogP contribution in [0.25, 0.3) is 0 Å². The number of β-lactam (4-membered cyclic amide) rings is 1. The summed E-state index contributed by atoms with van der Waals surface area (Å²) >= 11 is 2.70. The lowest BCUT2D eigenvalue weighted by atomic mass is 10.0. The van der Waals surface area contributed by atoms with Gasteiger partial charge in [0.15, 0.2) is 0 Å². The van der Waals surface area contributed by atoms with E-state index < -0.39 is 29.3 Å². The van der Waals surface area contributed by atoms with E-state index in [4.69, 9.17) is 0 Å². The van der Waals surface area contributed by atoms with Crippen LogP contribution in [0, 0.1) is 13.8 Å². The highest BCUT2D eigenvalue weighted by molar-refractivity contribution is 8.01. The van der Waals surface area contributed by atoms with Crippen LogP contribution in [-0.4, -0.2) is 66.0 Å². The fourth-order valence-electron chi connectivity index (χ4n) is 3.41. The summed E-state index contributed by atoms with van der Waals surface area (Å²) < 4.78 is 0. The Morgan fingerprint density at radius 1 is 1.21 bits per heavy atom. The number of nitrogens with one attached hydrogen (secondary N) is 2. The summed E-state index contributed by atoms with van der Waals surface area (Å²) in [6.07, 6.45) is 0. The molecule has 0 saturated carbocycles. The summed E-state index contributed by atoms with van der Waals surface area (Å²) in [5.41, 5.74) is 3.00. The van der Waals surface area contributed by atoms with Gasteiger partial charge in [0.05, 0.1) is 11.4 Å². The van der Waals surface area contributed by atoms with E-state index in [1.54, 1.807) is 0 Å². The van der Waals surface area contributed by atoms with Gasteiger partial charge in [0.2, 0.25) is 5.16 Å². The van der Waals surface area contributed by atoms with Crippen molar-refractivity contribution in [3.05, 3.63) is 58.6 Å². The molecule has 1 unspecified atom stereocenters. The van der Waals surface area contributed by atoms with E-state index in [-0.39, 0.29) is 5.70 Å². The van der Waals surface area contributed by atoms with Crippen molar-refractivity contribution >= 4 is 41.4 Å². The molecule has 10 nitrogen and oxygen atoms in total. The lowest BCUT2D eigenvalue weighted by molar-refractivity contribution is -0.148. The normalized spacial score (nSPS) is 19.6. The average molecular weight is 487 g/mol. The molecule has 33 heavy (non-hydrogen) atoms. The maximum absolute atomic E-state index is 12.8. The second-order valence-corrected chi connectivity index (χ2v) is 9.56. The van der Waals surface area contributed by atoms with Gasteiger partial charge in [0, 0.05) is 18.1 Å². The lowest BCUT2D eigenvalue weighted by Gasteiger charge is -2.49. The van der Waals surface area contributed by atoms with Crippen molar-refractivity contribution in [2.75, 3.05) is 11.5 Å². The van der Waals surface area contributed by atoms with Gasteiger partial charge in [0.25, 0.3) is 5.91 Å². The van der Waals surface area contributed by atoms with E-state index in [9.17, 15) is 19.5 Å². The molecular weight excluding hydrogens is 464 g/mol. The minimum Gasteiger partial charge on any atom is -0.477 e. The Morgan fingerprint density at radius 2 is 1.97 bits per heavy atom. The van der Waals surface area contributed by atoms with Crippen molar-refractivity contribution in [3.8, 4) is 0 Å². The van der Waals surface area contributed by atoms with Gasteiger partial charge in [-0.25, -0.2) is 14.6 Å². The third-order valence-electron chi connectivity index (χ3n) is 5.28. The lowest BCUT2D eigenvalue weighted by Crippen LogP contribution is -2.71. The van der Waals surface area contributed by atoms with Crippen LogP contribution in [0.4, 0.5) is 4.79 Å². The number of carboxylic acid groups (broad SMARTS) is 1. The Morgan fingerprint density at radius 3 is 2.67 bits per heavy atom. The molecule has 2 atom stereocenters. The fourth-order valence-corrected chi connectivity index (χ4v) is 5.73. The first-order valence-corrected chi connectivity index (χ1v) is 12.2. The molecule has 3 heterocycles. The first-order chi connectivity index (χ1) is 15.8. The Bertz CT molecular complexity index is 1130. The van der Waals surface area contributed by atoms with E-state index >= 15 is 0 Å². The average Bonchev–Trinajstić information content (AvgIpc) is 2.81. The summed E-state index contributed by atoms with van der Waals surface area (Å²) in [5, 5.41) is 23.2. The molecule has 2 aliphatic heterocycles. The Kier molecular flexibility index (Phi) is 6.84. The van der Waals surface area contributed by atoms with E-state index in [1.807, 2.05) is 44.2 Å². The summed E-state index contributed by atoms with van der Waals surface area (Å²) in [6, 6.07) is 8.16. The Labute approximate surface area is 198 Å². The van der Waals surface area contributed by atoms with E-state index in [0.29, 0.717) is 28.8 Å². The maximum Gasteiger partial charge on any atom is 0.352 e. The van der Waals surface area contributed by atoms with Crippen LogP contribution in [0.3, 0.4) is 0 Å². The van der Waals surface area contributed by atoms with Crippen molar-refractivity contribution < 1.29 is 19.5 Å². The molecule has 172 valence electrons. The fraction of sp³-hybridized carbons (Fsp3) is 0.333. The van der Waals surface area contributed by atoms with Gasteiger partial charge in [-0.05, 0) is 25.0 Å². The number of urea groups is 1. The zero-order valence-corrected chi connectivity index (χ0v) is 19.6. The number of benzene rings is 1. The molecule has 2 aliphatic rings. The van der Waals surface area contributed by atoms with Crippen molar-refractivity contribution in [1.29, 1.82) is 0 Å². The highest BCUT2D eigenvalue weighted by Crippen LogP contribution is 2.41. The number of aryl methyl sites for hydroxylation is 2. The minimum atomic E-state index is -1.17. The zero-order chi connectivity index (χ0) is 23.5. The topological polar surface area (TPSA) is 137 Å². The third kappa shape index (κ3) is 4.96. The molecule has 0 radical (unpaired) electrons. The van der Waals surface area contributed by atoms with Gasteiger partial charge in [-0.1, -0.05) is 42.1 Å². The number of carboxylic acids is 1. The molecule has 1 aromatic heterocycles. The standard InChI is InChI=1S/C21H22N6O4S2/c1-11-12(2)25-26-21(23-11)33-10-14-9-32-18-15(17(28)27(18)16(14)19(29)30)24-20(31)22-8-13-6-4-3-5-7-13/h3-7,15,18H,8-10H2,1-2H3,(H,29,30)(H2,22,24,31)/t15?,18-/m1/s1. The highest BCUT2D eigenvalue weighted by Gasteiger charge is 2.54. The van der Waals surface area contributed by atoms with Crippen molar-refractivity contribution in [2.45, 2.75) is 37.0 Å². The zero-order valence-electron chi connectivity index (χ0n) is 17.9. The van der Waals surface area contributed by atoms with E-state index in [0.717, 1.165) is 17.0 Å². The van der Waals surface area contributed by atoms with Crippen molar-refractivity contribution in [1.82, 2.24) is 30.7 Å². The number of aliphatic carboxylic acids is 1. The second-order valence-electron chi connectivity index (χ2n) is 7.51. The molecule has 1 saturated heterocycles. The van der Waals surface area contributed by atoms with Crippen LogP contribution < -0.4 is 10.6 Å². The first kappa shape index (κ1) is 23.1. The number of nitrogens with zero attached hydrogens (tertiary/aromatic N) is 4. The van der Waals surface area contributed by atoms with E-state index in [1.165, 1.54) is 28.4 Å². The number of rotatable bonds is 7. The molecular formula is C21H22N6O4S2. The number of carbonyl (C=O) groups excluding carboxylic acids is 2. The molecule has 0 spiro atoms. The first-order valence-electron chi connectivity index (χ1n) is 10.1. The highest BCUT2D eigenvalue weighted by atomic mass is 32.2. The molecule has 1 fully saturated rings. The monoisotopic (exact) mass is 486 g/mol. The van der Waals surface area contributed by atoms with Crippen LogP contribution in [0.15, 0.2) is 46.8 Å². The second kappa shape index (κ2) is 9.79. The van der Waals surface area contributed by atoms with Gasteiger partial charge in [0.1, 0.15) is 17.1 Å². The predicted molar refractivity (Wildman–Crippen MR) is 123 cm³/mol. The quantitative estimate of drug-likeness (QED) is 0.394. The molecule has 0 bridgehead atoms. The number of hydrogen-bond donors (Lipinski definition) is 3. The van der Waals surface area contributed by atoms with Gasteiger partial charge in [-0.2, -0.15) is 5.10 Å². The van der Waals surface area contributed by atoms with Crippen molar-refractivity contribution in [2.24, 2.45) is 0 Å². The summed E-state index contributed by atoms with van der Waals surface area (Å²) in [7, 11) is 0. The van der Waals surface area contributed by atoms with Gasteiger partial charge in [-0.15, -0.1) is 16.9 Å². The van der Waals surface area contributed by atoms with Crippen LogP contribution >= 0.6 is 23.5 Å². The Balaban J connectivity index is 1.39. The largest absolute Gasteiger partial charge is 0.477 e. The third-order valence-corrected chi connectivity index (χ3v) is 7.54. The summed E-state index contributed by atoms with van der Waals surface area (Å²) in [5.74, 6) is -0.864. The molecule has 0 aliphatic carbocycles. The summed E-state index contributed by atoms with van der Waals surface area (Å²) in [6.45, 7) is 3.97. The van der Waals surface area contributed by atoms with Crippen molar-refractivity contribution in [3.63, 3.8) is 0 Å². The summed E-state index contributed by atoms with van der Waals surface area (Å²) in [4.78, 5) is 42.6. The number of hydrogen-bond acceptors (Lipinski definition) is 8. The molecule has 1 aromatic carbocycles. The number of carbonyl (C=O) groups is 3. The maximum atomic E-state index is 12.8. The number of fused-ring (bicyclic) bond motifs is 1. The number of thioether (sulfide) groups is 2. The van der Waals surface area contributed by atoms with E-state index in [2.05, 4.69) is 25.8 Å². The molecule has 12 heteroatoms. The Hall–Kier alpha value is -3.12. The van der Waals surface area contributed by atoms with Gasteiger partial charge >= 0.3 is 12.0 Å². The smallest absolute Gasteiger partial charge is 0.352 e. The SMILES string of the molecule is Cc1nnc(SCC2=C(C(=O)O)N3C(=O)C(NC(=O)NCc4ccccc4)[C@H]3SC2)nc1C. The van der Waals surface area contributed by atoms with Gasteiger partial charge < -0.3 is 15.7 Å². The van der Waals surface area contributed by atoms with Crippen LogP contribution in [-0.2, 0) is 16.1 Å². The van der Waals surface area contributed by atoms with Crippen LogP contribution in [0.2, 0.25) is 0 Å². The molecule has 2 aromatic rings. The number of aromatic nitrogens is 3. The predicted octanol–water partition coefficient (Wildman–Crippen LogP) is 1.70. The van der Waals surface area contributed by atoms with Gasteiger partial charge in [-0.3, -0.25) is 9.69 Å². The van der Waals surface area contributed by atoms with Crippen LogP contribution in [0.1, 0.15) is 17.0 Å².